The van der Waals surface area contributed by atoms with Crippen LogP contribution in [0.3, 0.4) is 0 Å². The van der Waals surface area contributed by atoms with Crippen molar-refractivity contribution in [3.05, 3.63) is 60.4 Å². The highest BCUT2D eigenvalue weighted by Gasteiger charge is 2.21. The molecule has 0 bridgehead atoms. The van der Waals surface area contributed by atoms with Crippen molar-refractivity contribution in [2.75, 3.05) is 19.6 Å². The summed E-state index contributed by atoms with van der Waals surface area (Å²) < 4.78 is 7.55. The molecule has 0 saturated carbocycles. The van der Waals surface area contributed by atoms with Crippen molar-refractivity contribution >= 4 is 16.9 Å². The zero-order chi connectivity index (χ0) is 17.1. The van der Waals surface area contributed by atoms with E-state index < -0.39 is 0 Å². The van der Waals surface area contributed by atoms with E-state index in [9.17, 15) is 4.79 Å². The van der Waals surface area contributed by atoms with Crippen molar-refractivity contribution < 1.29 is 9.53 Å². The molecule has 1 saturated heterocycles. The van der Waals surface area contributed by atoms with Gasteiger partial charge in [-0.2, -0.15) is 0 Å². The maximum absolute atomic E-state index is 12.9. The van der Waals surface area contributed by atoms with E-state index >= 15 is 0 Å². The van der Waals surface area contributed by atoms with Crippen molar-refractivity contribution in [1.29, 1.82) is 0 Å². The van der Waals surface area contributed by atoms with E-state index in [-0.39, 0.29) is 12.5 Å². The number of rotatable bonds is 5. The van der Waals surface area contributed by atoms with Crippen LogP contribution in [0, 0.1) is 0 Å². The molecule has 2 heterocycles. The molecule has 5 nitrogen and oxygen atoms in total. The van der Waals surface area contributed by atoms with Gasteiger partial charge in [-0.3, -0.25) is 14.3 Å². The van der Waals surface area contributed by atoms with Crippen LogP contribution in [0.5, 0.6) is 5.75 Å². The van der Waals surface area contributed by atoms with Crippen molar-refractivity contribution in [2.45, 2.75) is 19.4 Å². The molecule has 0 amide bonds. The number of fused-ring (bicyclic) bond motifs is 1. The largest absolute Gasteiger partial charge is 0.486 e. The van der Waals surface area contributed by atoms with Crippen LogP contribution in [0.25, 0.3) is 11.0 Å². The SMILES string of the molecule is O=C(CN1CCCC1)n1c(COc2ccccc2)nc2ccccc21. The third-order valence-electron chi connectivity index (χ3n) is 4.55. The van der Waals surface area contributed by atoms with Crippen molar-refractivity contribution in [1.82, 2.24) is 14.5 Å². The summed E-state index contributed by atoms with van der Waals surface area (Å²) in [6.45, 7) is 2.69. The molecule has 1 aromatic heterocycles. The maximum Gasteiger partial charge on any atom is 0.246 e. The lowest BCUT2D eigenvalue weighted by molar-refractivity contribution is 0.0859. The highest BCUT2D eigenvalue weighted by atomic mass is 16.5. The summed E-state index contributed by atoms with van der Waals surface area (Å²) in [4.78, 5) is 19.8. The van der Waals surface area contributed by atoms with Crippen LogP contribution in [0.2, 0.25) is 0 Å². The van der Waals surface area contributed by atoms with E-state index in [2.05, 4.69) is 9.88 Å². The molecule has 0 N–H and O–H groups in total. The van der Waals surface area contributed by atoms with Gasteiger partial charge in [0, 0.05) is 0 Å². The van der Waals surface area contributed by atoms with Gasteiger partial charge in [-0.25, -0.2) is 4.98 Å². The van der Waals surface area contributed by atoms with Crippen LogP contribution < -0.4 is 4.74 Å². The fourth-order valence-electron chi connectivity index (χ4n) is 3.32. The third kappa shape index (κ3) is 3.42. The Kier molecular flexibility index (Phi) is 4.48. The summed E-state index contributed by atoms with van der Waals surface area (Å²) in [5.74, 6) is 1.48. The minimum atomic E-state index is 0.0576. The van der Waals surface area contributed by atoms with Crippen LogP contribution in [0.15, 0.2) is 54.6 Å². The molecule has 128 valence electrons. The standard InChI is InChI=1S/C20H21N3O2/c24-20(14-22-12-6-7-13-22)23-18-11-5-4-10-17(18)21-19(23)15-25-16-8-2-1-3-9-16/h1-5,8-11H,6-7,12-15H2. The molecule has 0 radical (unpaired) electrons. The Bertz CT molecular complexity index is 867. The van der Waals surface area contributed by atoms with Gasteiger partial charge in [0.2, 0.25) is 5.91 Å². The van der Waals surface area contributed by atoms with Crippen molar-refractivity contribution in [3.63, 3.8) is 0 Å². The number of imidazole rings is 1. The van der Waals surface area contributed by atoms with E-state index in [0.29, 0.717) is 12.4 Å². The van der Waals surface area contributed by atoms with Crippen LogP contribution >= 0.6 is 0 Å². The summed E-state index contributed by atoms with van der Waals surface area (Å²) in [7, 11) is 0. The molecule has 1 aliphatic rings. The molecular formula is C20H21N3O2. The molecule has 5 heteroatoms. The van der Waals surface area contributed by atoms with Gasteiger partial charge < -0.3 is 4.74 Å². The highest BCUT2D eigenvalue weighted by Crippen LogP contribution is 2.19. The fourth-order valence-corrected chi connectivity index (χ4v) is 3.32. The number of aromatic nitrogens is 2. The molecule has 0 unspecified atom stereocenters. The zero-order valence-corrected chi connectivity index (χ0v) is 14.1. The molecule has 1 aliphatic heterocycles. The number of nitrogens with zero attached hydrogens (tertiary/aromatic N) is 3. The minimum absolute atomic E-state index is 0.0576. The predicted molar refractivity (Wildman–Crippen MR) is 96.8 cm³/mol. The smallest absolute Gasteiger partial charge is 0.246 e. The Morgan fingerprint density at radius 3 is 2.52 bits per heavy atom. The maximum atomic E-state index is 12.9. The fraction of sp³-hybridized carbons (Fsp3) is 0.300. The topological polar surface area (TPSA) is 47.4 Å². The van der Waals surface area contributed by atoms with Crippen molar-refractivity contribution in [2.24, 2.45) is 0 Å². The monoisotopic (exact) mass is 335 g/mol. The number of likely N-dealkylation sites (tertiary alicyclic amines) is 1. The second-order valence-corrected chi connectivity index (χ2v) is 6.33. The second-order valence-electron chi connectivity index (χ2n) is 6.33. The van der Waals surface area contributed by atoms with Gasteiger partial charge in [-0.15, -0.1) is 0 Å². The lowest BCUT2D eigenvalue weighted by atomic mass is 10.3. The van der Waals surface area contributed by atoms with E-state index in [0.717, 1.165) is 29.9 Å². The van der Waals surface area contributed by atoms with E-state index in [1.165, 1.54) is 12.8 Å². The van der Waals surface area contributed by atoms with Crippen LogP contribution in [-0.4, -0.2) is 40.0 Å². The first-order valence-electron chi connectivity index (χ1n) is 8.71. The Hall–Kier alpha value is -2.66. The molecule has 4 rings (SSSR count). The van der Waals surface area contributed by atoms with Gasteiger partial charge in [0.1, 0.15) is 12.4 Å². The first kappa shape index (κ1) is 15.8. The Labute approximate surface area is 146 Å². The van der Waals surface area contributed by atoms with Gasteiger partial charge in [-0.05, 0) is 50.2 Å². The van der Waals surface area contributed by atoms with E-state index in [1.807, 2.05) is 54.6 Å². The normalized spacial score (nSPS) is 14.9. The summed E-state index contributed by atoms with van der Waals surface area (Å²) >= 11 is 0. The van der Waals surface area contributed by atoms with Gasteiger partial charge in [0.15, 0.2) is 5.82 Å². The Balaban J connectivity index is 1.62. The van der Waals surface area contributed by atoms with E-state index in [4.69, 9.17) is 4.74 Å². The first-order valence-corrected chi connectivity index (χ1v) is 8.71. The van der Waals surface area contributed by atoms with Gasteiger partial charge >= 0.3 is 0 Å². The lowest BCUT2D eigenvalue weighted by Gasteiger charge is -2.15. The number of carbonyl (C=O) groups excluding carboxylic acids is 1. The first-order chi connectivity index (χ1) is 12.3. The third-order valence-corrected chi connectivity index (χ3v) is 4.55. The predicted octanol–water partition coefficient (Wildman–Crippen LogP) is 3.35. The summed E-state index contributed by atoms with van der Waals surface area (Å²) in [5.41, 5.74) is 1.67. The number of ether oxygens (including phenoxy) is 1. The average molecular weight is 335 g/mol. The molecule has 3 aromatic rings. The summed E-state index contributed by atoms with van der Waals surface area (Å²) in [5, 5.41) is 0. The lowest BCUT2D eigenvalue weighted by Crippen LogP contribution is -2.31. The number of hydrogen-bond acceptors (Lipinski definition) is 4. The van der Waals surface area contributed by atoms with Crippen LogP contribution in [0.4, 0.5) is 0 Å². The molecule has 0 atom stereocenters. The number of para-hydroxylation sites is 3. The summed E-state index contributed by atoms with van der Waals surface area (Å²) in [6.07, 6.45) is 2.34. The quantitative estimate of drug-likeness (QED) is 0.717. The molecule has 1 fully saturated rings. The Morgan fingerprint density at radius 1 is 1.00 bits per heavy atom. The average Bonchev–Trinajstić information content (AvgIpc) is 3.27. The van der Waals surface area contributed by atoms with Crippen LogP contribution in [-0.2, 0) is 6.61 Å². The summed E-state index contributed by atoms with van der Waals surface area (Å²) in [6, 6.07) is 17.3. The zero-order valence-electron chi connectivity index (χ0n) is 14.1. The minimum Gasteiger partial charge on any atom is -0.486 e. The van der Waals surface area contributed by atoms with Crippen LogP contribution in [0.1, 0.15) is 23.5 Å². The van der Waals surface area contributed by atoms with Gasteiger partial charge in [0.25, 0.3) is 0 Å². The number of carbonyl (C=O) groups is 1. The second kappa shape index (κ2) is 7.07. The molecular weight excluding hydrogens is 314 g/mol. The van der Waals surface area contributed by atoms with E-state index in [1.54, 1.807) is 4.57 Å². The number of benzene rings is 2. The Morgan fingerprint density at radius 2 is 1.72 bits per heavy atom. The number of hydrogen-bond donors (Lipinski definition) is 0. The molecule has 0 aliphatic carbocycles. The van der Waals surface area contributed by atoms with Crippen molar-refractivity contribution in [3.8, 4) is 5.75 Å². The highest BCUT2D eigenvalue weighted by molar-refractivity contribution is 5.92. The molecule has 0 spiro atoms. The molecule has 2 aromatic carbocycles. The van der Waals surface area contributed by atoms with Gasteiger partial charge in [0.05, 0.1) is 17.6 Å². The van der Waals surface area contributed by atoms with Gasteiger partial charge in [-0.1, -0.05) is 30.3 Å². The molecule has 25 heavy (non-hydrogen) atoms.